The summed E-state index contributed by atoms with van der Waals surface area (Å²) in [6.07, 6.45) is 6.88. The van der Waals surface area contributed by atoms with Crippen LogP contribution < -0.4 is 21.7 Å². The van der Waals surface area contributed by atoms with Crippen LogP contribution in [0.15, 0.2) is 43.0 Å². The standard InChI is InChI=1S/C25H33N7O5S2/c1-39-7-6-19(23(34)32-21(25(36)37)9-15-11-27-13-29-15)30-24(35)20(31-22(33)17(26)12-38)8-14-10-28-18-5-3-2-4-16(14)18/h2-5,10-11,13,17,19-21,28,38H,6-9,12,26H2,1H3,(H,27,29)(H,30,35)(H,31,33)(H,32,34)(H,36,37). The van der Waals surface area contributed by atoms with Gasteiger partial charge in [-0.1, -0.05) is 18.2 Å². The average molecular weight is 576 g/mol. The number of carbonyl (C=O) groups is 4. The number of hydrogen-bond donors (Lipinski definition) is 8. The van der Waals surface area contributed by atoms with Crippen molar-refractivity contribution in [3.05, 3.63) is 54.2 Å². The first-order valence-electron chi connectivity index (χ1n) is 12.2. The van der Waals surface area contributed by atoms with Crippen LogP contribution in [-0.2, 0) is 32.0 Å². The number of nitrogens with zero attached hydrogens (tertiary/aromatic N) is 1. The van der Waals surface area contributed by atoms with E-state index in [4.69, 9.17) is 5.73 Å². The van der Waals surface area contributed by atoms with Crippen molar-refractivity contribution in [2.45, 2.75) is 43.4 Å². The predicted octanol–water partition coefficient (Wildman–Crippen LogP) is 0.225. The summed E-state index contributed by atoms with van der Waals surface area (Å²) >= 11 is 5.54. The molecule has 2 aromatic heterocycles. The number of thioether (sulfide) groups is 1. The average Bonchev–Trinajstić information content (AvgIpc) is 3.59. The smallest absolute Gasteiger partial charge is 0.326 e. The van der Waals surface area contributed by atoms with E-state index in [9.17, 15) is 24.3 Å². The number of thiol groups is 1. The SMILES string of the molecule is CSCCC(NC(=O)C(Cc1c[nH]c2ccccc12)NC(=O)C(N)CS)C(=O)NC(Cc1cnc[nH]1)C(=O)O. The summed E-state index contributed by atoms with van der Waals surface area (Å²) in [5.74, 6) is -2.41. The molecule has 0 spiro atoms. The van der Waals surface area contributed by atoms with Gasteiger partial charge in [0.1, 0.15) is 18.1 Å². The fourth-order valence-corrected chi connectivity index (χ4v) is 4.59. The minimum Gasteiger partial charge on any atom is -0.480 e. The number of benzene rings is 1. The lowest BCUT2D eigenvalue weighted by atomic mass is 10.0. The Morgan fingerprint density at radius 1 is 1.03 bits per heavy atom. The van der Waals surface area contributed by atoms with Gasteiger partial charge >= 0.3 is 5.97 Å². The molecule has 3 amide bonds. The number of aliphatic carboxylic acids is 1. The molecule has 12 nitrogen and oxygen atoms in total. The van der Waals surface area contributed by atoms with Gasteiger partial charge in [-0.2, -0.15) is 24.4 Å². The zero-order chi connectivity index (χ0) is 28.4. The summed E-state index contributed by atoms with van der Waals surface area (Å²) < 4.78 is 0. The molecular weight excluding hydrogens is 542 g/mol. The molecule has 0 fully saturated rings. The largest absolute Gasteiger partial charge is 0.480 e. The molecule has 1 aromatic carbocycles. The van der Waals surface area contributed by atoms with E-state index in [1.165, 1.54) is 24.3 Å². The molecule has 210 valence electrons. The van der Waals surface area contributed by atoms with E-state index < -0.39 is 47.9 Å². The molecule has 4 atom stereocenters. The molecule has 0 radical (unpaired) electrons. The van der Waals surface area contributed by atoms with Gasteiger partial charge in [-0.3, -0.25) is 14.4 Å². The highest BCUT2D eigenvalue weighted by Gasteiger charge is 2.31. The molecule has 3 aromatic rings. The summed E-state index contributed by atoms with van der Waals surface area (Å²) in [6, 6.07) is 3.30. The van der Waals surface area contributed by atoms with Crippen LogP contribution in [0.25, 0.3) is 10.9 Å². The number of H-pyrrole nitrogens is 2. The third kappa shape index (κ3) is 8.50. The zero-order valence-corrected chi connectivity index (χ0v) is 23.1. The number of nitrogens with two attached hydrogens (primary N) is 1. The topological polar surface area (TPSA) is 195 Å². The summed E-state index contributed by atoms with van der Waals surface area (Å²) in [5, 5.41) is 18.4. The van der Waals surface area contributed by atoms with Gasteiger partial charge in [-0.25, -0.2) is 9.78 Å². The number of aromatic amines is 2. The third-order valence-corrected chi connectivity index (χ3v) is 7.14. The Kier molecular flexibility index (Phi) is 11.3. The maximum Gasteiger partial charge on any atom is 0.326 e. The van der Waals surface area contributed by atoms with Gasteiger partial charge in [-0.15, -0.1) is 0 Å². The molecule has 39 heavy (non-hydrogen) atoms. The Bertz CT molecular complexity index is 1270. The first kappa shape index (κ1) is 30.1. The lowest BCUT2D eigenvalue weighted by Crippen LogP contribution is -2.58. The summed E-state index contributed by atoms with van der Waals surface area (Å²) in [4.78, 5) is 60.9. The minimum atomic E-state index is -1.23. The van der Waals surface area contributed by atoms with E-state index in [2.05, 4.69) is 43.5 Å². The van der Waals surface area contributed by atoms with E-state index in [1.54, 1.807) is 6.20 Å². The van der Waals surface area contributed by atoms with Gasteiger partial charge < -0.3 is 36.8 Å². The number of amides is 3. The molecule has 0 saturated carbocycles. The molecule has 0 saturated heterocycles. The highest BCUT2D eigenvalue weighted by atomic mass is 32.2. The normalized spacial score (nSPS) is 14.2. The number of hydrogen-bond acceptors (Lipinski definition) is 8. The maximum absolute atomic E-state index is 13.5. The van der Waals surface area contributed by atoms with Crippen molar-refractivity contribution < 1.29 is 24.3 Å². The van der Waals surface area contributed by atoms with Crippen LogP contribution in [-0.4, -0.2) is 85.7 Å². The molecule has 8 N–H and O–H groups in total. The molecule has 14 heteroatoms. The Labute approximate surface area is 235 Å². The zero-order valence-electron chi connectivity index (χ0n) is 21.3. The van der Waals surface area contributed by atoms with Crippen molar-refractivity contribution >= 4 is 59.0 Å². The van der Waals surface area contributed by atoms with Crippen molar-refractivity contribution in [2.24, 2.45) is 5.73 Å². The van der Waals surface area contributed by atoms with E-state index >= 15 is 0 Å². The van der Waals surface area contributed by atoms with Crippen LogP contribution >= 0.6 is 24.4 Å². The molecule has 2 heterocycles. The van der Waals surface area contributed by atoms with Gasteiger partial charge in [-0.05, 0) is 30.1 Å². The highest BCUT2D eigenvalue weighted by Crippen LogP contribution is 2.19. The van der Waals surface area contributed by atoms with Crippen molar-refractivity contribution in [3.63, 3.8) is 0 Å². The number of nitrogens with one attached hydrogen (secondary N) is 5. The van der Waals surface area contributed by atoms with Crippen LogP contribution in [0.1, 0.15) is 17.7 Å². The van der Waals surface area contributed by atoms with E-state index in [-0.39, 0.29) is 25.0 Å². The molecule has 0 bridgehead atoms. The summed E-state index contributed by atoms with van der Waals surface area (Å²) in [7, 11) is 0. The van der Waals surface area contributed by atoms with E-state index in [0.29, 0.717) is 11.4 Å². The van der Waals surface area contributed by atoms with Crippen LogP contribution in [0.5, 0.6) is 0 Å². The second-order valence-electron chi connectivity index (χ2n) is 8.94. The van der Waals surface area contributed by atoms with Crippen LogP contribution in [0.2, 0.25) is 0 Å². The molecule has 4 unspecified atom stereocenters. The lowest BCUT2D eigenvalue weighted by Gasteiger charge is -2.25. The fraction of sp³-hybridized carbons (Fsp3) is 0.400. The van der Waals surface area contributed by atoms with Crippen molar-refractivity contribution in [2.75, 3.05) is 17.8 Å². The quantitative estimate of drug-likeness (QED) is 0.118. The molecule has 0 aliphatic carbocycles. The number of fused-ring (bicyclic) bond motifs is 1. The Balaban J connectivity index is 1.79. The maximum atomic E-state index is 13.5. The molecule has 3 rings (SSSR count). The number of carboxylic acid groups (broad SMARTS) is 1. The number of carbonyl (C=O) groups excluding carboxylic acids is 3. The first-order valence-corrected chi connectivity index (χ1v) is 14.3. The van der Waals surface area contributed by atoms with Gasteiger partial charge in [0.05, 0.1) is 12.4 Å². The summed E-state index contributed by atoms with van der Waals surface area (Å²) in [5.41, 5.74) is 8.03. The third-order valence-electron chi connectivity index (χ3n) is 6.10. The molecular formula is C25H33N7O5S2. The van der Waals surface area contributed by atoms with Crippen LogP contribution in [0, 0.1) is 0 Å². The van der Waals surface area contributed by atoms with Crippen molar-refractivity contribution in [3.8, 4) is 0 Å². The summed E-state index contributed by atoms with van der Waals surface area (Å²) in [6.45, 7) is 0. The number of aromatic nitrogens is 3. The van der Waals surface area contributed by atoms with Gasteiger partial charge in [0.25, 0.3) is 0 Å². The first-order chi connectivity index (χ1) is 18.7. The predicted molar refractivity (Wildman–Crippen MR) is 153 cm³/mol. The van der Waals surface area contributed by atoms with E-state index in [1.807, 2.05) is 30.5 Å². The number of carboxylic acids is 1. The molecule has 0 aliphatic heterocycles. The second-order valence-corrected chi connectivity index (χ2v) is 10.3. The Hall–Kier alpha value is -3.49. The van der Waals surface area contributed by atoms with Crippen molar-refractivity contribution in [1.29, 1.82) is 0 Å². The highest BCUT2D eigenvalue weighted by molar-refractivity contribution is 7.98. The monoisotopic (exact) mass is 575 g/mol. The number of rotatable bonds is 15. The second kappa shape index (κ2) is 14.6. The fourth-order valence-electron chi connectivity index (χ4n) is 3.96. The molecule has 0 aliphatic rings. The Morgan fingerprint density at radius 2 is 1.72 bits per heavy atom. The van der Waals surface area contributed by atoms with Crippen molar-refractivity contribution in [1.82, 2.24) is 30.9 Å². The van der Waals surface area contributed by atoms with Gasteiger partial charge in [0, 0.05) is 47.6 Å². The van der Waals surface area contributed by atoms with E-state index in [0.717, 1.165) is 16.5 Å². The van der Waals surface area contributed by atoms with Gasteiger partial charge in [0.2, 0.25) is 17.7 Å². The number of para-hydroxylation sites is 1. The lowest BCUT2D eigenvalue weighted by molar-refractivity contribution is -0.142. The number of imidazole rings is 1. The van der Waals surface area contributed by atoms with Gasteiger partial charge in [0.15, 0.2) is 0 Å². The van der Waals surface area contributed by atoms with Crippen LogP contribution in [0.4, 0.5) is 0 Å². The minimum absolute atomic E-state index is 0.00880. The Morgan fingerprint density at radius 3 is 2.38 bits per heavy atom. The van der Waals surface area contributed by atoms with Crippen LogP contribution in [0.3, 0.4) is 0 Å².